The lowest BCUT2D eigenvalue weighted by Gasteiger charge is -2.67. The highest BCUT2D eigenvalue weighted by atomic mass is 16.6. The molecule has 1 N–H and O–H groups in total. The van der Waals surface area contributed by atoms with Crippen molar-refractivity contribution in [2.75, 3.05) is 6.54 Å². The zero-order valence-corrected chi connectivity index (χ0v) is 24.2. The van der Waals surface area contributed by atoms with E-state index in [0.29, 0.717) is 22.4 Å². The molecule has 4 saturated heterocycles. The zero-order chi connectivity index (χ0) is 26.2. The van der Waals surface area contributed by atoms with Crippen LogP contribution in [0.2, 0.25) is 0 Å². The predicted molar refractivity (Wildman–Crippen MR) is 143 cm³/mol. The number of rotatable bonds is 5. The Bertz CT molecular complexity index is 984. The van der Waals surface area contributed by atoms with Crippen LogP contribution in [-0.2, 0) is 14.3 Å². The molecule has 7 aliphatic rings. The second kappa shape index (κ2) is 7.75. The molecule has 37 heavy (non-hydrogen) atoms. The largest absolute Gasteiger partial charge is 0.462 e. The lowest BCUT2D eigenvalue weighted by molar-refractivity contribution is -0.188. The lowest BCUT2D eigenvalue weighted by atomic mass is 9.41. The number of fused-ring (bicyclic) bond motifs is 4. The van der Waals surface area contributed by atoms with Gasteiger partial charge < -0.3 is 14.6 Å². The van der Waals surface area contributed by atoms with E-state index in [9.17, 15) is 9.90 Å². The standard InChI is InChI=1S/C32H51NO4/c1-19(2)22-10-14-28(4)21-9-16-31-13-7-8-24(31)32(28,26(22)33(31)18-21)17-11-23-29(5)15-12-25(36-20(3)34)30(23,6)27(35)37-29/h19,21-27,35H,7-18H2,1-6H3/t21-,22+,23-,24+,25+,26+,27-,28-,29+,30-,31+,32+/m0/s1. The van der Waals surface area contributed by atoms with Crippen LogP contribution in [0.1, 0.15) is 112 Å². The molecule has 5 nitrogen and oxygen atoms in total. The summed E-state index contributed by atoms with van der Waals surface area (Å²) >= 11 is 0. The van der Waals surface area contributed by atoms with E-state index in [-0.39, 0.29) is 23.6 Å². The topological polar surface area (TPSA) is 59.0 Å². The van der Waals surface area contributed by atoms with Gasteiger partial charge in [0.2, 0.25) is 0 Å². The second-order valence-electron chi connectivity index (χ2n) is 15.7. The molecular weight excluding hydrogens is 462 g/mol. The molecule has 7 fully saturated rings. The minimum atomic E-state index is -0.870. The number of hydrogen-bond donors (Lipinski definition) is 1. The van der Waals surface area contributed by atoms with Gasteiger partial charge in [0.05, 0.1) is 11.0 Å². The minimum absolute atomic E-state index is 0.204. The lowest BCUT2D eigenvalue weighted by Crippen LogP contribution is -2.68. The molecule has 5 heteroatoms. The van der Waals surface area contributed by atoms with Crippen molar-refractivity contribution in [3.05, 3.63) is 0 Å². The van der Waals surface area contributed by atoms with Crippen molar-refractivity contribution in [1.29, 1.82) is 0 Å². The Morgan fingerprint density at radius 2 is 1.86 bits per heavy atom. The van der Waals surface area contributed by atoms with Crippen molar-refractivity contribution in [3.8, 4) is 0 Å². The molecule has 4 aliphatic heterocycles. The number of aliphatic hydroxyl groups excluding tert-OH is 1. The van der Waals surface area contributed by atoms with Gasteiger partial charge in [0.1, 0.15) is 6.10 Å². The number of nitrogens with zero attached hydrogens (tertiary/aromatic N) is 1. The van der Waals surface area contributed by atoms with Gasteiger partial charge in [-0.3, -0.25) is 9.69 Å². The Kier molecular flexibility index (Phi) is 5.31. The smallest absolute Gasteiger partial charge is 0.302 e. The van der Waals surface area contributed by atoms with E-state index in [1.807, 2.05) is 0 Å². The summed E-state index contributed by atoms with van der Waals surface area (Å²) in [6, 6.07) is 0.713. The van der Waals surface area contributed by atoms with E-state index >= 15 is 0 Å². The first-order valence-corrected chi connectivity index (χ1v) is 15.7. The molecular formula is C32H51NO4. The summed E-state index contributed by atoms with van der Waals surface area (Å²) in [5.41, 5.74) is 0.348. The van der Waals surface area contributed by atoms with Gasteiger partial charge in [0.25, 0.3) is 0 Å². The van der Waals surface area contributed by atoms with Gasteiger partial charge in [-0.2, -0.15) is 0 Å². The molecule has 7 bridgehead atoms. The Balaban J connectivity index is 1.30. The molecule has 1 spiro atoms. The fourth-order valence-corrected chi connectivity index (χ4v) is 13.0. The average Bonchev–Trinajstić information content (AvgIpc) is 3.35. The molecule has 0 aromatic heterocycles. The fourth-order valence-electron chi connectivity index (χ4n) is 13.0. The third-order valence-corrected chi connectivity index (χ3v) is 14.5. The van der Waals surface area contributed by atoms with E-state index in [2.05, 4.69) is 39.5 Å². The van der Waals surface area contributed by atoms with Gasteiger partial charge in [-0.05, 0) is 106 Å². The van der Waals surface area contributed by atoms with Gasteiger partial charge in [-0.15, -0.1) is 0 Å². The average molecular weight is 514 g/mol. The minimum Gasteiger partial charge on any atom is -0.462 e. The number of hydrogen-bond acceptors (Lipinski definition) is 5. The summed E-state index contributed by atoms with van der Waals surface area (Å²) in [5, 5.41) is 11.3. The van der Waals surface area contributed by atoms with Crippen molar-refractivity contribution in [3.63, 3.8) is 0 Å². The first kappa shape index (κ1) is 25.3. The number of aliphatic hydroxyl groups is 1. The first-order chi connectivity index (χ1) is 17.4. The molecule has 0 aromatic carbocycles. The van der Waals surface area contributed by atoms with Crippen molar-refractivity contribution < 1.29 is 19.4 Å². The number of esters is 1. The van der Waals surface area contributed by atoms with Crippen molar-refractivity contribution in [1.82, 2.24) is 4.90 Å². The van der Waals surface area contributed by atoms with Gasteiger partial charge in [0.15, 0.2) is 6.29 Å². The summed E-state index contributed by atoms with van der Waals surface area (Å²) in [5.74, 6) is 3.13. The quantitative estimate of drug-likeness (QED) is 0.462. The van der Waals surface area contributed by atoms with Crippen LogP contribution in [0.25, 0.3) is 0 Å². The SMILES string of the molecule is CC(=O)O[C@@H]1CC[C@@]2(C)O[C@H](O)[C@@]1(C)[C@H]2CC[C@@]12[C@@H]3CCC[C@@]34CC[C@H]3CN4[C@@H]1[C@@H](C(C)C)CC[C@@]32C. The molecule has 0 aromatic rings. The third-order valence-electron chi connectivity index (χ3n) is 14.5. The normalized spacial score (nSPS) is 59.1. The Hall–Kier alpha value is -0.650. The number of carbonyl (C=O) groups excluding carboxylic acids is 1. The molecule has 4 heterocycles. The van der Waals surface area contributed by atoms with Crippen molar-refractivity contribution in [2.45, 2.75) is 142 Å². The number of carbonyl (C=O) groups is 1. The maximum atomic E-state index is 12.1. The van der Waals surface area contributed by atoms with Gasteiger partial charge >= 0.3 is 5.97 Å². The molecule has 0 radical (unpaired) electrons. The molecule has 1 unspecified atom stereocenters. The van der Waals surface area contributed by atoms with E-state index in [0.717, 1.165) is 42.9 Å². The van der Waals surface area contributed by atoms with Crippen LogP contribution in [-0.4, -0.2) is 52.1 Å². The van der Waals surface area contributed by atoms with Gasteiger partial charge in [0, 0.05) is 31.0 Å². The molecule has 3 saturated carbocycles. The van der Waals surface area contributed by atoms with Crippen molar-refractivity contribution in [2.24, 2.45) is 45.8 Å². The van der Waals surface area contributed by atoms with Gasteiger partial charge in [-0.25, -0.2) is 0 Å². The van der Waals surface area contributed by atoms with E-state index in [1.54, 1.807) is 0 Å². The molecule has 7 rings (SSSR count). The maximum absolute atomic E-state index is 12.1. The van der Waals surface area contributed by atoms with Crippen molar-refractivity contribution >= 4 is 5.97 Å². The molecule has 0 amide bonds. The number of ether oxygens (including phenoxy) is 2. The van der Waals surface area contributed by atoms with Crippen LogP contribution >= 0.6 is 0 Å². The second-order valence-corrected chi connectivity index (χ2v) is 15.7. The number of piperidine rings is 2. The third kappa shape index (κ3) is 2.81. The summed E-state index contributed by atoms with van der Waals surface area (Å²) in [7, 11) is 0. The van der Waals surface area contributed by atoms with Crippen LogP contribution in [0.3, 0.4) is 0 Å². The highest BCUT2D eigenvalue weighted by molar-refractivity contribution is 5.66. The van der Waals surface area contributed by atoms with Crippen LogP contribution in [0, 0.1) is 45.8 Å². The van der Waals surface area contributed by atoms with E-state index in [1.165, 1.54) is 64.8 Å². The summed E-state index contributed by atoms with van der Waals surface area (Å²) in [4.78, 5) is 15.2. The fraction of sp³-hybridized carbons (Fsp3) is 0.969. The zero-order valence-electron chi connectivity index (χ0n) is 24.2. The van der Waals surface area contributed by atoms with Gasteiger partial charge in [-0.1, -0.05) is 34.1 Å². The summed E-state index contributed by atoms with van der Waals surface area (Å²) in [6.45, 7) is 14.9. The summed E-state index contributed by atoms with van der Waals surface area (Å²) in [6.07, 6.45) is 12.7. The highest BCUT2D eigenvalue weighted by Crippen LogP contribution is 2.79. The van der Waals surface area contributed by atoms with Crippen LogP contribution in [0.5, 0.6) is 0 Å². The summed E-state index contributed by atoms with van der Waals surface area (Å²) < 4.78 is 12.3. The Morgan fingerprint density at radius 3 is 2.59 bits per heavy atom. The monoisotopic (exact) mass is 513 g/mol. The Labute approximate surface area is 224 Å². The molecule has 208 valence electrons. The van der Waals surface area contributed by atoms with Crippen LogP contribution in [0.15, 0.2) is 0 Å². The van der Waals surface area contributed by atoms with Crippen LogP contribution in [0.4, 0.5) is 0 Å². The Morgan fingerprint density at radius 1 is 1.08 bits per heavy atom. The predicted octanol–water partition coefficient (Wildman–Crippen LogP) is 5.93. The first-order valence-electron chi connectivity index (χ1n) is 15.7. The van der Waals surface area contributed by atoms with E-state index in [4.69, 9.17) is 9.47 Å². The molecule has 13 atom stereocenters. The van der Waals surface area contributed by atoms with E-state index < -0.39 is 11.7 Å². The van der Waals surface area contributed by atoms with Crippen LogP contribution < -0.4 is 0 Å². The maximum Gasteiger partial charge on any atom is 0.302 e. The highest BCUT2D eigenvalue weighted by Gasteiger charge is 2.80. The molecule has 3 aliphatic carbocycles.